The van der Waals surface area contributed by atoms with Crippen LogP contribution in [0, 0.1) is 41.4 Å². The zero-order valence-corrected chi connectivity index (χ0v) is 14.4. The van der Waals surface area contributed by atoms with E-state index in [0.29, 0.717) is 11.8 Å². The second-order valence-corrected chi connectivity index (χ2v) is 8.43. The second kappa shape index (κ2) is 7.87. The minimum atomic E-state index is -0.0494. The van der Waals surface area contributed by atoms with Crippen LogP contribution in [-0.2, 0) is 0 Å². The van der Waals surface area contributed by atoms with Crippen molar-refractivity contribution in [2.75, 3.05) is 0 Å². The summed E-state index contributed by atoms with van der Waals surface area (Å²) in [6.45, 7) is 2.42. The van der Waals surface area contributed by atoms with E-state index in [4.69, 9.17) is 0 Å². The van der Waals surface area contributed by atoms with E-state index in [0.717, 1.165) is 43.4 Å². The first-order valence-corrected chi connectivity index (χ1v) is 9.90. The van der Waals surface area contributed by atoms with E-state index in [9.17, 15) is 5.11 Å². The Morgan fingerprint density at radius 1 is 0.591 bits per heavy atom. The van der Waals surface area contributed by atoms with Gasteiger partial charge in [-0.1, -0.05) is 31.6 Å². The molecule has 0 amide bonds. The van der Waals surface area contributed by atoms with Crippen LogP contribution in [0.2, 0.25) is 0 Å². The quantitative estimate of drug-likeness (QED) is 0.662. The van der Waals surface area contributed by atoms with Crippen LogP contribution < -0.4 is 0 Å². The highest BCUT2D eigenvalue weighted by molar-refractivity contribution is 5.09. The molecule has 3 rings (SSSR count). The van der Waals surface area contributed by atoms with Crippen LogP contribution in [0.3, 0.4) is 0 Å². The van der Waals surface area contributed by atoms with Crippen molar-refractivity contribution < 1.29 is 5.11 Å². The Bertz CT molecular complexity index is 380. The predicted molar refractivity (Wildman–Crippen MR) is 92.3 cm³/mol. The maximum absolute atomic E-state index is 9.57. The van der Waals surface area contributed by atoms with Crippen molar-refractivity contribution in [2.45, 2.75) is 90.1 Å². The van der Waals surface area contributed by atoms with Crippen LogP contribution in [0.1, 0.15) is 84.0 Å². The molecule has 0 aromatic carbocycles. The summed E-state index contributed by atoms with van der Waals surface area (Å²) in [5.74, 6) is 11.4. The van der Waals surface area contributed by atoms with E-state index >= 15 is 0 Å². The molecule has 0 atom stereocenters. The molecule has 0 unspecified atom stereocenters. The molecular formula is C21H34O. The molecule has 0 aliphatic heterocycles. The molecule has 3 saturated carbocycles. The summed E-state index contributed by atoms with van der Waals surface area (Å²) in [6, 6.07) is 0. The van der Waals surface area contributed by atoms with E-state index in [1.807, 2.05) is 0 Å². The maximum atomic E-state index is 9.57. The zero-order chi connectivity index (χ0) is 15.4. The van der Waals surface area contributed by atoms with Gasteiger partial charge < -0.3 is 5.11 Å². The van der Waals surface area contributed by atoms with Gasteiger partial charge in [0.25, 0.3) is 0 Å². The molecule has 0 aromatic rings. The lowest BCUT2D eigenvalue weighted by atomic mass is 9.69. The zero-order valence-electron chi connectivity index (χ0n) is 14.4. The molecule has 3 aliphatic carbocycles. The third-order valence-electron chi connectivity index (χ3n) is 6.69. The van der Waals surface area contributed by atoms with Gasteiger partial charge in [-0.25, -0.2) is 0 Å². The van der Waals surface area contributed by atoms with Crippen molar-refractivity contribution in [2.24, 2.45) is 29.6 Å². The van der Waals surface area contributed by atoms with Crippen molar-refractivity contribution in [3.63, 3.8) is 0 Å². The highest BCUT2D eigenvalue weighted by Gasteiger charge is 2.29. The van der Waals surface area contributed by atoms with E-state index in [1.54, 1.807) is 0 Å². The fraction of sp³-hybridized carbons (Fsp3) is 0.905. The monoisotopic (exact) mass is 302 g/mol. The molecule has 1 N–H and O–H groups in total. The van der Waals surface area contributed by atoms with Gasteiger partial charge in [0.2, 0.25) is 0 Å². The Morgan fingerprint density at radius 2 is 1.00 bits per heavy atom. The van der Waals surface area contributed by atoms with Gasteiger partial charge >= 0.3 is 0 Å². The molecule has 0 radical (unpaired) electrons. The molecule has 3 fully saturated rings. The Labute approximate surface area is 137 Å². The van der Waals surface area contributed by atoms with Gasteiger partial charge in [0, 0.05) is 11.8 Å². The van der Waals surface area contributed by atoms with Gasteiger partial charge in [0.1, 0.15) is 0 Å². The van der Waals surface area contributed by atoms with Crippen molar-refractivity contribution in [1.29, 1.82) is 0 Å². The van der Waals surface area contributed by atoms with Crippen LogP contribution in [-0.4, -0.2) is 11.2 Å². The number of hydrogen-bond donors (Lipinski definition) is 1. The predicted octanol–water partition coefficient (Wildman–Crippen LogP) is 5.17. The van der Waals surface area contributed by atoms with Gasteiger partial charge in [-0.3, -0.25) is 0 Å². The number of rotatable bonds is 1. The SMILES string of the molecule is CC1CCC(C2CCC(C#CC3CCC(O)CC3)CC2)CC1. The summed E-state index contributed by atoms with van der Waals surface area (Å²) in [6.07, 6.45) is 15.6. The fourth-order valence-electron chi connectivity index (χ4n) is 4.95. The molecule has 22 heavy (non-hydrogen) atoms. The number of aliphatic hydroxyl groups excluding tert-OH is 1. The first-order chi connectivity index (χ1) is 10.7. The molecule has 0 bridgehead atoms. The normalized spacial score (nSPS) is 43.2. The average molecular weight is 303 g/mol. The standard InChI is InChI=1S/C21H34O/c1-16-2-10-19(11-3-16)20-12-6-17(7-13-20)4-5-18-8-14-21(22)15-9-18/h16-22H,2-3,6-15H2,1H3. The molecule has 1 nitrogen and oxygen atoms in total. The average Bonchev–Trinajstić information content (AvgIpc) is 2.56. The van der Waals surface area contributed by atoms with Crippen molar-refractivity contribution in [1.82, 2.24) is 0 Å². The van der Waals surface area contributed by atoms with Gasteiger partial charge in [-0.05, 0) is 82.0 Å². The van der Waals surface area contributed by atoms with Crippen LogP contribution in [0.5, 0.6) is 0 Å². The van der Waals surface area contributed by atoms with Crippen LogP contribution >= 0.6 is 0 Å². The highest BCUT2D eigenvalue weighted by Crippen LogP contribution is 2.41. The molecule has 3 aliphatic rings. The largest absolute Gasteiger partial charge is 0.393 e. The van der Waals surface area contributed by atoms with E-state index in [2.05, 4.69) is 18.8 Å². The molecule has 0 heterocycles. The molecule has 0 spiro atoms. The third kappa shape index (κ3) is 4.51. The lowest BCUT2D eigenvalue weighted by molar-refractivity contribution is 0.119. The van der Waals surface area contributed by atoms with Gasteiger partial charge in [-0.15, -0.1) is 0 Å². The van der Waals surface area contributed by atoms with Crippen LogP contribution in [0.4, 0.5) is 0 Å². The van der Waals surface area contributed by atoms with Gasteiger partial charge in [0.15, 0.2) is 0 Å². The Morgan fingerprint density at radius 3 is 1.50 bits per heavy atom. The number of aliphatic hydroxyl groups is 1. The lowest BCUT2D eigenvalue weighted by Crippen LogP contribution is -2.25. The molecular weight excluding hydrogens is 268 g/mol. The molecule has 0 aromatic heterocycles. The molecule has 1 heteroatoms. The number of hydrogen-bond acceptors (Lipinski definition) is 1. The first kappa shape index (κ1) is 16.4. The summed E-state index contributed by atoms with van der Waals surface area (Å²) in [7, 11) is 0. The van der Waals surface area contributed by atoms with Crippen LogP contribution in [0.15, 0.2) is 0 Å². The Hall–Kier alpha value is -0.480. The Balaban J connectivity index is 1.40. The van der Waals surface area contributed by atoms with Crippen molar-refractivity contribution >= 4 is 0 Å². The Kier molecular flexibility index (Phi) is 5.86. The van der Waals surface area contributed by atoms with E-state index < -0.39 is 0 Å². The van der Waals surface area contributed by atoms with Crippen LogP contribution in [0.25, 0.3) is 0 Å². The summed E-state index contributed by atoms with van der Waals surface area (Å²) < 4.78 is 0. The van der Waals surface area contributed by atoms with Crippen molar-refractivity contribution in [3.05, 3.63) is 0 Å². The minimum absolute atomic E-state index is 0.0494. The van der Waals surface area contributed by atoms with Gasteiger partial charge in [-0.2, -0.15) is 0 Å². The highest BCUT2D eigenvalue weighted by atomic mass is 16.3. The van der Waals surface area contributed by atoms with E-state index in [-0.39, 0.29) is 6.10 Å². The van der Waals surface area contributed by atoms with Crippen molar-refractivity contribution in [3.8, 4) is 11.8 Å². The molecule has 0 saturated heterocycles. The smallest absolute Gasteiger partial charge is 0.0541 e. The first-order valence-electron chi connectivity index (χ1n) is 9.90. The van der Waals surface area contributed by atoms with E-state index in [1.165, 1.54) is 51.4 Å². The summed E-state index contributed by atoms with van der Waals surface area (Å²) in [5.41, 5.74) is 0. The fourth-order valence-corrected chi connectivity index (χ4v) is 4.95. The molecule has 124 valence electrons. The van der Waals surface area contributed by atoms with Gasteiger partial charge in [0.05, 0.1) is 6.10 Å². The summed E-state index contributed by atoms with van der Waals surface area (Å²) in [5, 5.41) is 9.57. The second-order valence-electron chi connectivity index (χ2n) is 8.43. The third-order valence-corrected chi connectivity index (χ3v) is 6.69. The lowest BCUT2D eigenvalue weighted by Gasteiger charge is -2.36. The summed E-state index contributed by atoms with van der Waals surface area (Å²) in [4.78, 5) is 0. The maximum Gasteiger partial charge on any atom is 0.0541 e. The minimum Gasteiger partial charge on any atom is -0.393 e. The summed E-state index contributed by atoms with van der Waals surface area (Å²) >= 11 is 0. The topological polar surface area (TPSA) is 20.2 Å².